The molecule has 1 atom stereocenters. The molecular weight excluding hydrogens is 316 g/mol. The number of fused-ring (bicyclic) bond motifs is 1. The highest BCUT2D eigenvalue weighted by molar-refractivity contribution is 7.86. The van der Waals surface area contributed by atoms with Crippen molar-refractivity contribution < 1.29 is 8.42 Å². The van der Waals surface area contributed by atoms with Crippen molar-refractivity contribution in [3.63, 3.8) is 0 Å². The number of hydrogen-bond acceptors (Lipinski definition) is 4. The topological polar surface area (TPSA) is 75.5 Å². The molecule has 0 aliphatic carbocycles. The van der Waals surface area contributed by atoms with Crippen LogP contribution in [0, 0.1) is 0 Å². The summed E-state index contributed by atoms with van der Waals surface area (Å²) in [7, 11) is -0.432. The van der Waals surface area contributed by atoms with Gasteiger partial charge in [-0.25, -0.2) is 4.98 Å². The molecule has 0 spiro atoms. The maximum absolute atomic E-state index is 12.7. The van der Waals surface area contributed by atoms with E-state index in [-0.39, 0.29) is 11.6 Å². The van der Waals surface area contributed by atoms with E-state index < -0.39 is 10.2 Å². The molecule has 0 radical (unpaired) electrons. The summed E-state index contributed by atoms with van der Waals surface area (Å²) in [5, 5.41) is 0.558. The minimum Gasteiger partial charge on any atom is -0.294 e. The third-order valence-corrected chi connectivity index (χ3v) is 6.14. The van der Waals surface area contributed by atoms with E-state index in [1.165, 1.54) is 29.0 Å². The van der Waals surface area contributed by atoms with Gasteiger partial charge < -0.3 is 0 Å². The van der Waals surface area contributed by atoms with Crippen LogP contribution in [-0.2, 0) is 10.2 Å². The fourth-order valence-electron chi connectivity index (χ4n) is 2.93. The van der Waals surface area contributed by atoms with Gasteiger partial charge in [0.25, 0.3) is 15.8 Å². The lowest BCUT2D eigenvalue weighted by molar-refractivity contribution is 0.252. The van der Waals surface area contributed by atoms with Gasteiger partial charge in [0, 0.05) is 27.2 Å². The van der Waals surface area contributed by atoms with Crippen LogP contribution in [0.2, 0.25) is 0 Å². The number of nitrogens with zero attached hydrogens (tertiary/aromatic N) is 4. The number of benzene rings is 1. The molecule has 8 heteroatoms. The Bertz CT molecular complexity index is 876. The number of piperidine rings is 1. The molecule has 1 aliphatic heterocycles. The Morgan fingerprint density at radius 1 is 1.26 bits per heavy atom. The van der Waals surface area contributed by atoms with Crippen LogP contribution in [0.1, 0.15) is 18.9 Å². The van der Waals surface area contributed by atoms with Crippen LogP contribution in [0.3, 0.4) is 0 Å². The molecule has 1 aliphatic rings. The van der Waals surface area contributed by atoms with Crippen LogP contribution in [0.5, 0.6) is 0 Å². The Balaban J connectivity index is 1.96. The lowest BCUT2D eigenvalue weighted by Crippen LogP contribution is -2.47. The molecule has 23 heavy (non-hydrogen) atoms. The summed E-state index contributed by atoms with van der Waals surface area (Å²) in [6.45, 7) is 0.771. The zero-order valence-corrected chi connectivity index (χ0v) is 14.0. The Morgan fingerprint density at radius 3 is 2.74 bits per heavy atom. The second-order valence-electron chi connectivity index (χ2n) is 5.92. The molecule has 124 valence electrons. The maximum atomic E-state index is 12.7. The largest absolute Gasteiger partial charge is 0.294 e. The molecule has 0 amide bonds. The van der Waals surface area contributed by atoms with E-state index >= 15 is 0 Å². The second-order valence-corrected chi connectivity index (χ2v) is 8.06. The van der Waals surface area contributed by atoms with Crippen molar-refractivity contribution in [2.24, 2.45) is 0 Å². The minimum atomic E-state index is -3.47. The molecule has 7 nitrogen and oxygen atoms in total. The fraction of sp³-hybridized carbons (Fsp3) is 0.467. The second kappa shape index (κ2) is 6.03. The van der Waals surface area contributed by atoms with E-state index in [4.69, 9.17) is 0 Å². The SMILES string of the molecule is CN(C)S(=O)(=O)N1CCC[C@H](n2cnc3ccccc3c2=O)C1. The van der Waals surface area contributed by atoms with Gasteiger partial charge in [0.15, 0.2) is 0 Å². The van der Waals surface area contributed by atoms with E-state index in [0.29, 0.717) is 24.0 Å². The van der Waals surface area contributed by atoms with Crippen molar-refractivity contribution in [1.29, 1.82) is 0 Å². The van der Waals surface area contributed by atoms with Crippen molar-refractivity contribution >= 4 is 21.1 Å². The highest BCUT2D eigenvalue weighted by atomic mass is 32.2. The lowest BCUT2D eigenvalue weighted by atomic mass is 10.1. The standard InChI is InChI=1S/C15H20N4O3S/c1-17(2)23(21,22)18-9-5-6-12(10-18)19-11-16-14-8-4-3-7-13(14)15(19)20/h3-4,7-8,11-12H,5-6,9-10H2,1-2H3/t12-/m0/s1. The Morgan fingerprint density at radius 2 is 2.00 bits per heavy atom. The van der Waals surface area contributed by atoms with Crippen molar-refractivity contribution in [3.8, 4) is 0 Å². The average Bonchev–Trinajstić information content (AvgIpc) is 2.55. The number of aromatic nitrogens is 2. The molecule has 1 aromatic carbocycles. The molecule has 2 aromatic rings. The van der Waals surface area contributed by atoms with E-state index in [1.54, 1.807) is 22.8 Å². The quantitative estimate of drug-likeness (QED) is 0.832. The average molecular weight is 336 g/mol. The number of para-hydroxylation sites is 1. The summed E-state index contributed by atoms with van der Waals surface area (Å²) < 4.78 is 28.8. The van der Waals surface area contributed by atoms with E-state index in [1.807, 2.05) is 6.07 Å². The minimum absolute atomic E-state index is 0.121. The van der Waals surface area contributed by atoms with Gasteiger partial charge >= 0.3 is 0 Å². The van der Waals surface area contributed by atoms with E-state index in [9.17, 15) is 13.2 Å². The van der Waals surface area contributed by atoms with Gasteiger partial charge in [-0.3, -0.25) is 9.36 Å². The molecule has 0 saturated carbocycles. The van der Waals surface area contributed by atoms with Crippen molar-refractivity contribution in [3.05, 3.63) is 40.9 Å². The van der Waals surface area contributed by atoms with Gasteiger partial charge in [0.05, 0.1) is 23.3 Å². The van der Waals surface area contributed by atoms with Gasteiger partial charge in [-0.15, -0.1) is 0 Å². The first-order valence-corrected chi connectivity index (χ1v) is 8.94. The first kappa shape index (κ1) is 16.1. The summed E-state index contributed by atoms with van der Waals surface area (Å²) >= 11 is 0. The predicted octanol–water partition coefficient (Wildman–Crippen LogP) is 0.840. The molecule has 0 unspecified atom stereocenters. The van der Waals surface area contributed by atoms with Crippen molar-refractivity contribution in [1.82, 2.24) is 18.2 Å². The summed E-state index contributed by atoms with van der Waals surface area (Å²) in [5.74, 6) is 0. The first-order chi connectivity index (χ1) is 10.9. The molecule has 3 rings (SSSR count). The monoisotopic (exact) mass is 336 g/mol. The number of rotatable bonds is 3. The highest BCUT2D eigenvalue weighted by Crippen LogP contribution is 2.23. The van der Waals surface area contributed by atoms with Crippen LogP contribution in [0.15, 0.2) is 35.4 Å². The molecule has 0 bridgehead atoms. The van der Waals surface area contributed by atoms with Gasteiger partial charge in [0.1, 0.15) is 0 Å². The molecular formula is C15H20N4O3S. The smallest absolute Gasteiger partial charge is 0.281 e. The Kier molecular flexibility index (Phi) is 4.22. The van der Waals surface area contributed by atoms with Crippen LogP contribution in [-0.4, -0.2) is 53.8 Å². The molecule has 1 fully saturated rings. The van der Waals surface area contributed by atoms with Crippen molar-refractivity contribution in [2.45, 2.75) is 18.9 Å². The maximum Gasteiger partial charge on any atom is 0.281 e. The van der Waals surface area contributed by atoms with Crippen LogP contribution >= 0.6 is 0 Å². The van der Waals surface area contributed by atoms with Gasteiger partial charge in [-0.05, 0) is 25.0 Å². The van der Waals surface area contributed by atoms with Crippen LogP contribution in [0.4, 0.5) is 0 Å². The van der Waals surface area contributed by atoms with Crippen molar-refractivity contribution in [2.75, 3.05) is 27.2 Å². The summed E-state index contributed by atoms with van der Waals surface area (Å²) in [5.41, 5.74) is 0.534. The van der Waals surface area contributed by atoms with Crippen LogP contribution in [0.25, 0.3) is 10.9 Å². The fourth-order valence-corrected chi connectivity index (χ4v) is 4.11. The third kappa shape index (κ3) is 2.89. The lowest BCUT2D eigenvalue weighted by Gasteiger charge is -2.34. The Labute approximate surface area is 135 Å². The van der Waals surface area contributed by atoms with E-state index in [2.05, 4.69) is 4.98 Å². The van der Waals surface area contributed by atoms with E-state index in [0.717, 1.165) is 12.8 Å². The summed E-state index contributed by atoms with van der Waals surface area (Å²) in [4.78, 5) is 17.0. The normalized spacial score (nSPS) is 20.2. The van der Waals surface area contributed by atoms with Gasteiger partial charge in [0.2, 0.25) is 0 Å². The highest BCUT2D eigenvalue weighted by Gasteiger charge is 2.31. The first-order valence-electron chi connectivity index (χ1n) is 7.55. The Hall–Kier alpha value is -1.77. The zero-order chi connectivity index (χ0) is 16.6. The summed E-state index contributed by atoms with van der Waals surface area (Å²) in [6.07, 6.45) is 3.01. The molecule has 2 heterocycles. The summed E-state index contributed by atoms with van der Waals surface area (Å²) in [6, 6.07) is 7.00. The predicted molar refractivity (Wildman–Crippen MR) is 88.5 cm³/mol. The zero-order valence-electron chi connectivity index (χ0n) is 13.2. The molecule has 1 saturated heterocycles. The van der Waals surface area contributed by atoms with Crippen LogP contribution < -0.4 is 5.56 Å². The number of hydrogen-bond donors (Lipinski definition) is 0. The third-order valence-electron chi connectivity index (χ3n) is 4.23. The molecule has 0 N–H and O–H groups in total. The van der Waals surface area contributed by atoms with Gasteiger partial charge in [-0.1, -0.05) is 12.1 Å². The molecule has 1 aromatic heterocycles. The van der Waals surface area contributed by atoms with Gasteiger partial charge in [-0.2, -0.15) is 17.0 Å².